The fraction of sp³-hybridized carbons (Fsp3) is 0.545. The predicted octanol–water partition coefficient (Wildman–Crippen LogP) is 3.78. The maximum Gasteiger partial charge on any atom is 0.225 e. The number of rotatable bonds is 10. The molecule has 0 aromatic carbocycles. The zero-order valence-electron chi connectivity index (χ0n) is 16.3. The Hall–Kier alpha value is -1.98. The minimum absolute atomic E-state index is 0.0371. The summed E-state index contributed by atoms with van der Waals surface area (Å²) < 4.78 is 5.26. The van der Waals surface area contributed by atoms with Crippen LogP contribution in [-0.4, -0.2) is 47.8 Å². The summed E-state index contributed by atoms with van der Waals surface area (Å²) in [5.41, 5.74) is 0.845. The van der Waals surface area contributed by atoms with Gasteiger partial charge in [0.05, 0.1) is 31.3 Å². The number of ether oxygens (including phenoxy) is 1. The van der Waals surface area contributed by atoms with Crippen molar-refractivity contribution in [3.05, 3.63) is 49.3 Å². The zero-order chi connectivity index (χ0) is 19.1. The lowest BCUT2D eigenvalue weighted by atomic mass is 10.1. The van der Waals surface area contributed by atoms with E-state index in [1.807, 2.05) is 18.2 Å². The average Bonchev–Trinajstić information content (AvgIpc) is 3.42. The van der Waals surface area contributed by atoms with E-state index < -0.39 is 0 Å². The maximum absolute atomic E-state index is 12.2. The molecular formula is C22H31N3O2. The quantitative estimate of drug-likeness (QED) is 0.358. The van der Waals surface area contributed by atoms with Crippen molar-refractivity contribution >= 4 is 11.6 Å². The van der Waals surface area contributed by atoms with Crippen molar-refractivity contribution in [1.82, 2.24) is 9.88 Å². The third-order valence-electron chi connectivity index (χ3n) is 5.38. The van der Waals surface area contributed by atoms with E-state index in [0.717, 1.165) is 31.7 Å². The Kier molecular flexibility index (Phi) is 7.18. The number of carbonyl (C=O) groups is 1. The van der Waals surface area contributed by atoms with Gasteiger partial charge in [0.25, 0.3) is 0 Å². The molecule has 0 N–H and O–H groups in total. The highest BCUT2D eigenvalue weighted by Gasteiger charge is 2.30. The van der Waals surface area contributed by atoms with Gasteiger partial charge in [0.2, 0.25) is 5.91 Å². The molecule has 2 aliphatic heterocycles. The minimum atomic E-state index is 0.0371. The molecule has 0 spiro atoms. The standard InChI is InChI=1S/C22H31N3O2/c1-3-19-13-20(9-6-4-5-7-11-22-16-27-22)24(15-19)17-25(18(2)26)21-10-8-12-23-14-21/h3,6,8-10,12,14,19-20,22H,1,4-5,7,11,13,15-17H2,2H3/b9-6+/t19-,20+,22?/m0/s1. The number of aromatic nitrogens is 1. The SMILES string of the molecule is C=C[C@H]1C[C@@H](/C=C/CCCCC2CO2)N(CN(C(C)=O)c2cccnc2)C1. The molecule has 3 rings (SSSR count). The van der Waals surface area contributed by atoms with Crippen LogP contribution in [-0.2, 0) is 9.53 Å². The number of anilines is 1. The van der Waals surface area contributed by atoms with Gasteiger partial charge in [-0.25, -0.2) is 0 Å². The van der Waals surface area contributed by atoms with E-state index in [9.17, 15) is 4.79 Å². The van der Waals surface area contributed by atoms with Gasteiger partial charge in [0.1, 0.15) is 0 Å². The van der Waals surface area contributed by atoms with Crippen molar-refractivity contribution in [3.63, 3.8) is 0 Å². The third kappa shape index (κ3) is 6.01. The molecule has 3 heterocycles. The number of nitrogens with zero attached hydrogens (tertiary/aromatic N) is 3. The van der Waals surface area contributed by atoms with Crippen LogP contribution in [0, 0.1) is 5.92 Å². The summed E-state index contributed by atoms with van der Waals surface area (Å²) in [6.45, 7) is 8.06. The normalized spacial score (nSPS) is 25.0. The fourth-order valence-electron chi connectivity index (χ4n) is 3.68. The van der Waals surface area contributed by atoms with Crippen molar-refractivity contribution in [1.29, 1.82) is 0 Å². The van der Waals surface area contributed by atoms with Gasteiger partial charge in [0, 0.05) is 25.7 Å². The molecule has 2 saturated heterocycles. The third-order valence-corrected chi connectivity index (χ3v) is 5.38. The number of amides is 1. The van der Waals surface area contributed by atoms with Gasteiger partial charge in [0.15, 0.2) is 0 Å². The summed E-state index contributed by atoms with van der Waals surface area (Å²) in [6.07, 6.45) is 16.5. The highest BCUT2D eigenvalue weighted by Crippen LogP contribution is 2.27. The van der Waals surface area contributed by atoms with Crippen LogP contribution in [0.5, 0.6) is 0 Å². The Morgan fingerprint density at radius 2 is 2.33 bits per heavy atom. The number of epoxide rings is 1. The van der Waals surface area contributed by atoms with Crippen molar-refractivity contribution in [3.8, 4) is 0 Å². The number of allylic oxidation sites excluding steroid dienone is 1. The van der Waals surface area contributed by atoms with E-state index in [1.54, 1.807) is 24.2 Å². The molecule has 1 aromatic heterocycles. The Balaban J connectivity index is 1.56. The Labute approximate surface area is 162 Å². The molecule has 5 nitrogen and oxygen atoms in total. The summed E-state index contributed by atoms with van der Waals surface area (Å²) >= 11 is 0. The van der Waals surface area contributed by atoms with E-state index in [4.69, 9.17) is 4.74 Å². The van der Waals surface area contributed by atoms with Crippen LogP contribution < -0.4 is 4.90 Å². The lowest BCUT2D eigenvalue weighted by Gasteiger charge is -2.30. The monoisotopic (exact) mass is 369 g/mol. The van der Waals surface area contributed by atoms with E-state index in [1.165, 1.54) is 19.3 Å². The second-order valence-electron chi connectivity index (χ2n) is 7.54. The summed E-state index contributed by atoms with van der Waals surface area (Å²) in [4.78, 5) is 20.5. The molecule has 0 saturated carbocycles. The molecular weight excluding hydrogens is 338 g/mol. The van der Waals surface area contributed by atoms with Gasteiger partial charge < -0.3 is 4.74 Å². The summed E-state index contributed by atoms with van der Waals surface area (Å²) in [7, 11) is 0. The summed E-state index contributed by atoms with van der Waals surface area (Å²) in [6, 6.07) is 4.15. The summed E-state index contributed by atoms with van der Waals surface area (Å²) in [5, 5.41) is 0. The molecule has 1 amide bonds. The molecule has 1 aromatic rings. The van der Waals surface area contributed by atoms with Crippen molar-refractivity contribution in [2.75, 3.05) is 24.7 Å². The molecule has 0 bridgehead atoms. The number of hydrogen-bond acceptors (Lipinski definition) is 4. The van der Waals surface area contributed by atoms with Gasteiger partial charge in [-0.05, 0) is 43.7 Å². The molecule has 2 aliphatic rings. The number of hydrogen-bond donors (Lipinski definition) is 0. The molecule has 5 heteroatoms. The zero-order valence-corrected chi connectivity index (χ0v) is 16.3. The number of unbranched alkanes of at least 4 members (excludes halogenated alkanes) is 2. The van der Waals surface area contributed by atoms with Crippen LogP contribution in [0.3, 0.4) is 0 Å². The molecule has 2 fully saturated rings. The first-order valence-corrected chi connectivity index (χ1v) is 10.0. The molecule has 27 heavy (non-hydrogen) atoms. The number of pyridine rings is 1. The van der Waals surface area contributed by atoms with Crippen LogP contribution >= 0.6 is 0 Å². The molecule has 146 valence electrons. The van der Waals surface area contributed by atoms with Crippen molar-refractivity contribution < 1.29 is 9.53 Å². The van der Waals surface area contributed by atoms with Crippen molar-refractivity contribution in [2.45, 2.75) is 51.2 Å². The number of likely N-dealkylation sites (tertiary alicyclic amines) is 1. The Morgan fingerprint density at radius 1 is 1.48 bits per heavy atom. The second kappa shape index (κ2) is 9.81. The lowest BCUT2D eigenvalue weighted by Crippen LogP contribution is -2.42. The van der Waals surface area contributed by atoms with E-state index in [2.05, 4.69) is 28.6 Å². The minimum Gasteiger partial charge on any atom is -0.373 e. The first-order valence-electron chi connectivity index (χ1n) is 10.0. The average molecular weight is 370 g/mol. The maximum atomic E-state index is 12.2. The highest BCUT2D eigenvalue weighted by atomic mass is 16.6. The van der Waals surface area contributed by atoms with Crippen LogP contribution in [0.1, 0.15) is 39.0 Å². The smallest absolute Gasteiger partial charge is 0.225 e. The number of carbonyl (C=O) groups excluding carboxylic acids is 1. The highest BCUT2D eigenvalue weighted by molar-refractivity contribution is 5.91. The topological polar surface area (TPSA) is 49.0 Å². The fourth-order valence-corrected chi connectivity index (χ4v) is 3.68. The Morgan fingerprint density at radius 3 is 3.00 bits per heavy atom. The van der Waals surface area contributed by atoms with Crippen LogP contribution in [0.25, 0.3) is 0 Å². The van der Waals surface area contributed by atoms with Gasteiger partial charge in [-0.3, -0.25) is 19.6 Å². The van der Waals surface area contributed by atoms with E-state index in [0.29, 0.717) is 24.7 Å². The molecule has 0 radical (unpaired) electrons. The van der Waals surface area contributed by atoms with E-state index in [-0.39, 0.29) is 5.91 Å². The molecule has 0 aliphatic carbocycles. The van der Waals surface area contributed by atoms with Gasteiger partial charge in [-0.15, -0.1) is 6.58 Å². The van der Waals surface area contributed by atoms with Gasteiger partial charge in [-0.2, -0.15) is 0 Å². The first kappa shape index (κ1) is 19.8. The van der Waals surface area contributed by atoms with Crippen LogP contribution in [0.4, 0.5) is 5.69 Å². The largest absolute Gasteiger partial charge is 0.373 e. The predicted molar refractivity (Wildman–Crippen MR) is 108 cm³/mol. The lowest BCUT2D eigenvalue weighted by molar-refractivity contribution is -0.117. The summed E-state index contributed by atoms with van der Waals surface area (Å²) in [5.74, 6) is 0.504. The van der Waals surface area contributed by atoms with E-state index >= 15 is 0 Å². The van der Waals surface area contributed by atoms with Gasteiger partial charge >= 0.3 is 0 Å². The Bertz CT molecular complexity index is 642. The first-order chi connectivity index (χ1) is 13.2. The van der Waals surface area contributed by atoms with Gasteiger partial charge in [-0.1, -0.05) is 24.6 Å². The van der Waals surface area contributed by atoms with Crippen LogP contribution in [0.15, 0.2) is 49.3 Å². The second-order valence-corrected chi connectivity index (χ2v) is 7.54. The molecule has 1 unspecified atom stereocenters. The molecule has 3 atom stereocenters. The van der Waals surface area contributed by atoms with Crippen molar-refractivity contribution in [2.24, 2.45) is 5.92 Å². The van der Waals surface area contributed by atoms with Crippen LogP contribution in [0.2, 0.25) is 0 Å².